The number of aliphatic hydroxyl groups is 1. The number of aliphatic hydroxyl groups excluding tert-OH is 1. The molecule has 3 rings (SSSR count). The Morgan fingerprint density at radius 3 is 2.30 bits per heavy atom. The summed E-state index contributed by atoms with van der Waals surface area (Å²) < 4.78 is 0. The van der Waals surface area contributed by atoms with Crippen LogP contribution in [-0.4, -0.2) is 36.2 Å². The molecule has 0 aromatic rings. The Morgan fingerprint density at radius 1 is 1.20 bits per heavy atom. The molecule has 0 atom stereocenters. The van der Waals surface area contributed by atoms with Gasteiger partial charge in [-0.1, -0.05) is 0 Å². The van der Waals surface area contributed by atoms with Gasteiger partial charge < -0.3 is 10.0 Å². The number of nitrogens with zero attached hydrogens (tertiary/aromatic N) is 1. The van der Waals surface area contributed by atoms with Crippen LogP contribution in [0.5, 0.6) is 0 Å². The highest BCUT2D eigenvalue weighted by molar-refractivity contribution is 4.89. The van der Waals surface area contributed by atoms with Crippen molar-refractivity contribution in [3.8, 4) is 0 Å². The molecule has 2 bridgehead atoms. The summed E-state index contributed by atoms with van der Waals surface area (Å²) in [7, 11) is 0. The zero-order valence-electron chi connectivity index (χ0n) is 6.29. The Balaban J connectivity index is 1.80. The lowest BCUT2D eigenvalue weighted by Crippen LogP contribution is -2.49. The molecule has 10 heavy (non-hydrogen) atoms. The van der Waals surface area contributed by atoms with Crippen LogP contribution >= 0.6 is 0 Å². The fourth-order valence-electron chi connectivity index (χ4n) is 2.30. The first-order valence-electron chi connectivity index (χ1n) is 4.21. The Hall–Kier alpha value is -0.0800. The molecule has 58 valence electrons. The summed E-state index contributed by atoms with van der Waals surface area (Å²) in [5, 5.41) is 8.68. The average molecular weight is 141 g/mol. The maximum Gasteiger partial charge on any atom is 0.0558 e. The first-order chi connectivity index (χ1) is 4.88. The van der Waals surface area contributed by atoms with E-state index >= 15 is 0 Å². The summed E-state index contributed by atoms with van der Waals surface area (Å²) in [6.07, 6.45) is 2.92. The van der Waals surface area contributed by atoms with Gasteiger partial charge in [0.15, 0.2) is 0 Å². The van der Waals surface area contributed by atoms with Gasteiger partial charge in [0.25, 0.3) is 0 Å². The standard InChI is InChI=1S/C8H15NO/c10-2-1-9-5-7-3-8(4-7)6-9/h7-8,10H,1-6H2. The summed E-state index contributed by atoms with van der Waals surface area (Å²) in [6.45, 7) is 3.72. The Kier molecular flexibility index (Phi) is 1.66. The Bertz CT molecular complexity index is 110. The van der Waals surface area contributed by atoms with Crippen LogP contribution in [-0.2, 0) is 0 Å². The van der Waals surface area contributed by atoms with Crippen LogP contribution < -0.4 is 0 Å². The second-order valence-corrected chi connectivity index (χ2v) is 3.69. The molecule has 0 spiro atoms. The highest BCUT2D eigenvalue weighted by atomic mass is 16.3. The first kappa shape index (κ1) is 6.62. The molecule has 0 unspecified atom stereocenters. The Labute approximate surface area is 61.8 Å². The number of hydrogen-bond acceptors (Lipinski definition) is 2. The van der Waals surface area contributed by atoms with Crippen LogP contribution in [0.3, 0.4) is 0 Å². The van der Waals surface area contributed by atoms with Crippen molar-refractivity contribution in [1.29, 1.82) is 0 Å². The van der Waals surface area contributed by atoms with Crippen LogP contribution in [0.4, 0.5) is 0 Å². The van der Waals surface area contributed by atoms with Crippen LogP contribution in [0.25, 0.3) is 0 Å². The van der Waals surface area contributed by atoms with E-state index < -0.39 is 0 Å². The molecule has 1 N–H and O–H groups in total. The predicted octanol–water partition coefficient (Wildman–Crippen LogP) is 0.320. The topological polar surface area (TPSA) is 23.5 Å². The molecular weight excluding hydrogens is 126 g/mol. The van der Waals surface area contributed by atoms with Gasteiger partial charge in [-0.25, -0.2) is 0 Å². The van der Waals surface area contributed by atoms with E-state index in [1.54, 1.807) is 0 Å². The third-order valence-electron chi connectivity index (χ3n) is 2.78. The van der Waals surface area contributed by atoms with Gasteiger partial charge in [-0.2, -0.15) is 0 Å². The number of rotatable bonds is 2. The SMILES string of the molecule is OCCN1CC2CC(C2)C1. The van der Waals surface area contributed by atoms with Gasteiger partial charge in [-0.3, -0.25) is 0 Å². The minimum atomic E-state index is 0.333. The van der Waals surface area contributed by atoms with Crippen LogP contribution in [0, 0.1) is 11.8 Å². The van der Waals surface area contributed by atoms with E-state index in [0.717, 1.165) is 18.4 Å². The molecule has 1 aliphatic carbocycles. The van der Waals surface area contributed by atoms with Crippen molar-refractivity contribution in [2.45, 2.75) is 12.8 Å². The van der Waals surface area contributed by atoms with E-state index in [4.69, 9.17) is 5.11 Å². The molecule has 3 aliphatic rings. The van der Waals surface area contributed by atoms with E-state index in [-0.39, 0.29) is 0 Å². The normalized spacial score (nSPS) is 39.3. The summed E-state index contributed by atoms with van der Waals surface area (Å²) in [5.74, 6) is 1.95. The smallest absolute Gasteiger partial charge is 0.0558 e. The lowest BCUT2D eigenvalue weighted by atomic mass is 9.71. The summed E-state index contributed by atoms with van der Waals surface area (Å²) >= 11 is 0. The fraction of sp³-hybridized carbons (Fsp3) is 1.00. The second-order valence-electron chi connectivity index (χ2n) is 3.69. The largest absolute Gasteiger partial charge is 0.395 e. The first-order valence-corrected chi connectivity index (χ1v) is 4.21. The molecule has 2 heteroatoms. The van der Waals surface area contributed by atoms with Crippen LogP contribution in [0.15, 0.2) is 0 Å². The van der Waals surface area contributed by atoms with Gasteiger partial charge >= 0.3 is 0 Å². The van der Waals surface area contributed by atoms with Crippen LogP contribution in [0.1, 0.15) is 12.8 Å². The molecule has 0 amide bonds. The zero-order valence-corrected chi connectivity index (χ0v) is 6.29. The molecule has 2 heterocycles. The summed E-state index contributed by atoms with van der Waals surface area (Å²) in [5.41, 5.74) is 0. The lowest BCUT2D eigenvalue weighted by molar-refractivity contribution is 0.0189. The van der Waals surface area contributed by atoms with Crippen molar-refractivity contribution in [3.63, 3.8) is 0 Å². The van der Waals surface area contributed by atoms with E-state index in [2.05, 4.69) is 4.90 Å². The summed E-state index contributed by atoms with van der Waals surface area (Å²) in [6, 6.07) is 0. The van der Waals surface area contributed by atoms with E-state index in [0.29, 0.717) is 6.61 Å². The molecule has 0 radical (unpaired) electrons. The minimum Gasteiger partial charge on any atom is -0.395 e. The minimum absolute atomic E-state index is 0.333. The predicted molar refractivity (Wildman–Crippen MR) is 39.7 cm³/mol. The molecule has 2 aliphatic heterocycles. The van der Waals surface area contributed by atoms with Gasteiger partial charge in [-0.15, -0.1) is 0 Å². The second kappa shape index (κ2) is 2.51. The van der Waals surface area contributed by atoms with Crippen molar-refractivity contribution in [2.75, 3.05) is 26.2 Å². The Morgan fingerprint density at radius 2 is 1.80 bits per heavy atom. The van der Waals surface area contributed by atoms with Gasteiger partial charge in [0, 0.05) is 19.6 Å². The van der Waals surface area contributed by atoms with E-state index in [1.807, 2.05) is 0 Å². The van der Waals surface area contributed by atoms with Gasteiger partial charge in [0.1, 0.15) is 0 Å². The quantitative estimate of drug-likeness (QED) is 0.598. The molecule has 0 aromatic heterocycles. The maximum atomic E-state index is 8.68. The molecule has 2 nitrogen and oxygen atoms in total. The third-order valence-corrected chi connectivity index (χ3v) is 2.78. The highest BCUT2D eigenvalue weighted by Gasteiger charge is 2.36. The van der Waals surface area contributed by atoms with Crippen molar-refractivity contribution >= 4 is 0 Å². The number of piperidine rings is 2. The number of fused-ring (bicyclic) bond motifs is 2. The zero-order chi connectivity index (χ0) is 6.97. The van der Waals surface area contributed by atoms with Crippen molar-refractivity contribution in [3.05, 3.63) is 0 Å². The average Bonchev–Trinajstić information content (AvgIpc) is 1.87. The van der Waals surface area contributed by atoms with Crippen molar-refractivity contribution < 1.29 is 5.11 Å². The third kappa shape index (κ3) is 1.06. The van der Waals surface area contributed by atoms with E-state index in [9.17, 15) is 0 Å². The molecular formula is C8H15NO. The van der Waals surface area contributed by atoms with Crippen molar-refractivity contribution in [2.24, 2.45) is 11.8 Å². The van der Waals surface area contributed by atoms with Gasteiger partial charge in [0.2, 0.25) is 0 Å². The molecule has 3 fully saturated rings. The molecule has 1 saturated carbocycles. The van der Waals surface area contributed by atoms with E-state index in [1.165, 1.54) is 25.9 Å². The number of hydrogen-bond donors (Lipinski definition) is 1. The van der Waals surface area contributed by atoms with Gasteiger partial charge in [0.05, 0.1) is 6.61 Å². The van der Waals surface area contributed by atoms with Crippen LogP contribution in [0.2, 0.25) is 0 Å². The maximum absolute atomic E-state index is 8.68. The highest BCUT2D eigenvalue weighted by Crippen LogP contribution is 2.38. The monoisotopic (exact) mass is 141 g/mol. The molecule has 2 saturated heterocycles. The van der Waals surface area contributed by atoms with Gasteiger partial charge in [-0.05, 0) is 24.7 Å². The summed E-state index contributed by atoms with van der Waals surface area (Å²) in [4.78, 5) is 2.39. The van der Waals surface area contributed by atoms with Crippen molar-refractivity contribution in [1.82, 2.24) is 4.90 Å². The fourth-order valence-corrected chi connectivity index (χ4v) is 2.30. The molecule has 0 aromatic carbocycles. The lowest BCUT2D eigenvalue weighted by Gasteiger charge is -2.47.